The fraction of sp³-hybridized carbons (Fsp3) is 0.913. The maximum Gasteiger partial charge on any atom is 0.303 e. The fourth-order valence-corrected chi connectivity index (χ4v) is 7.96. The van der Waals surface area contributed by atoms with Gasteiger partial charge < -0.3 is 9.84 Å². The van der Waals surface area contributed by atoms with Crippen molar-refractivity contribution in [3.63, 3.8) is 0 Å². The lowest BCUT2D eigenvalue weighted by atomic mass is 9.44. The molecular formula is C23H36O4. The van der Waals surface area contributed by atoms with Crippen molar-refractivity contribution in [3.05, 3.63) is 0 Å². The minimum Gasteiger partial charge on any atom is -0.451 e. The summed E-state index contributed by atoms with van der Waals surface area (Å²) in [5, 5.41) is 10.6. The number of rotatable bonds is 2. The van der Waals surface area contributed by atoms with Crippen LogP contribution in [-0.2, 0) is 14.3 Å². The highest BCUT2D eigenvalue weighted by Crippen LogP contribution is 2.67. The number of aliphatic hydroxyl groups is 1. The van der Waals surface area contributed by atoms with E-state index in [4.69, 9.17) is 4.74 Å². The van der Waals surface area contributed by atoms with Gasteiger partial charge in [0.1, 0.15) is 0 Å². The number of ketones is 1. The Bertz CT molecular complexity index is 644. The summed E-state index contributed by atoms with van der Waals surface area (Å²) in [5.74, 6) is 2.17. The molecule has 8 atom stereocenters. The van der Waals surface area contributed by atoms with Crippen LogP contribution >= 0.6 is 0 Å². The van der Waals surface area contributed by atoms with Gasteiger partial charge >= 0.3 is 5.97 Å². The molecule has 0 heterocycles. The summed E-state index contributed by atoms with van der Waals surface area (Å²) >= 11 is 0. The van der Waals surface area contributed by atoms with Crippen molar-refractivity contribution in [2.75, 3.05) is 0 Å². The van der Waals surface area contributed by atoms with Crippen LogP contribution in [0.15, 0.2) is 0 Å². The van der Waals surface area contributed by atoms with Crippen molar-refractivity contribution >= 4 is 11.8 Å². The highest BCUT2D eigenvalue weighted by Gasteiger charge is 2.62. The molecule has 0 aliphatic heterocycles. The molecule has 0 unspecified atom stereocenters. The Hall–Kier alpha value is -0.900. The van der Waals surface area contributed by atoms with E-state index in [0.717, 1.165) is 25.7 Å². The quantitative estimate of drug-likeness (QED) is 0.731. The maximum atomic E-state index is 12.4. The third-order valence-corrected chi connectivity index (χ3v) is 9.64. The molecule has 27 heavy (non-hydrogen) atoms. The van der Waals surface area contributed by atoms with E-state index in [1.165, 1.54) is 26.2 Å². The van der Waals surface area contributed by atoms with Crippen LogP contribution in [0.5, 0.6) is 0 Å². The van der Waals surface area contributed by atoms with Crippen LogP contribution in [0.25, 0.3) is 0 Å². The van der Waals surface area contributed by atoms with Gasteiger partial charge in [-0.05, 0) is 99.2 Å². The first-order valence-electron chi connectivity index (χ1n) is 11.0. The molecule has 4 nitrogen and oxygen atoms in total. The van der Waals surface area contributed by atoms with Crippen molar-refractivity contribution in [2.45, 2.75) is 97.2 Å². The Morgan fingerprint density at radius 3 is 2.26 bits per heavy atom. The lowest BCUT2D eigenvalue weighted by molar-refractivity contribution is -0.187. The summed E-state index contributed by atoms with van der Waals surface area (Å²) in [6.07, 6.45) is 8.99. The molecule has 4 fully saturated rings. The Morgan fingerprint density at radius 1 is 0.889 bits per heavy atom. The van der Waals surface area contributed by atoms with Gasteiger partial charge in [0.05, 0.1) is 6.10 Å². The summed E-state index contributed by atoms with van der Waals surface area (Å²) in [5.41, 5.74) is -0.549. The molecule has 0 aromatic carbocycles. The Kier molecular flexibility index (Phi) is 4.53. The first-order valence-corrected chi connectivity index (χ1v) is 11.0. The molecule has 0 aromatic rings. The number of aliphatic hydroxyl groups excluding tert-OH is 1. The van der Waals surface area contributed by atoms with Crippen LogP contribution in [0.2, 0.25) is 0 Å². The van der Waals surface area contributed by atoms with Crippen LogP contribution in [0, 0.1) is 34.5 Å². The van der Waals surface area contributed by atoms with Gasteiger partial charge in [0, 0.05) is 6.92 Å². The number of hydrogen-bond acceptors (Lipinski definition) is 4. The van der Waals surface area contributed by atoms with Gasteiger partial charge in [0.15, 0.2) is 11.4 Å². The van der Waals surface area contributed by atoms with Crippen molar-refractivity contribution < 1.29 is 19.4 Å². The van der Waals surface area contributed by atoms with E-state index < -0.39 is 5.60 Å². The fourth-order valence-electron chi connectivity index (χ4n) is 7.96. The molecule has 4 rings (SSSR count). The molecule has 0 spiro atoms. The molecule has 4 saturated carbocycles. The van der Waals surface area contributed by atoms with Gasteiger partial charge in [-0.1, -0.05) is 13.8 Å². The monoisotopic (exact) mass is 376 g/mol. The standard InChI is InChI=1S/C23H36O4/c1-14(24)23(27-15(2)25)12-11-21(3)16(13-23)5-6-17-18-7-8-20(26)22(18,4)10-9-19(17)21/h16-20,26H,5-13H2,1-4H3/t16-,17+,18-,19+,20-,21-,22-,23+/m0/s1. The minimum absolute atomic E-state index is 0.0111. The van der Waals surface area contributed by atoms with E-state index in [-0.39, 0.29) is 28.7 Å². The van der Waals surface area contributed by atoms with Gasteiger partial charge in [-0.25, -0.2) is 0 Å². The SMILES string of the molecule is CC(=O)O[C@]1(C(C)=O)CC[C@@]2(C)[C@@H](CC[C@H]3[C@H]2CC[C@]2(C)[C@@H](O)CC[C@@H]32)C1. The lowest BCUT2D eigenvalue weighted by Gasteiger charge is -2.61. The van der Waals surface area contributed by atoms with Crippen LogP contribution < -0.4 is 0 Å². The van der Waals surface area contributed by atoms with Crippen molar-refractivity contribution in [1.29, 1.82) is 0 Å². The molecule has 4 aliphatic rings. The maximum absolute atomic E-state index is 12.4. The highest BCUT2D eigenvalue weighted by molar-refractivity contribution is 5.87. The van der Waals surface area contributed by atoms with E-state index in [1.807, 2.05) is 0 Å². The predicted molar refractivity (Wildman–Crippen MR) is 103 cm³/mol. The Labute approximate surface area is 163 Å². The van der Waals surface area contributed by atoms with Crippen molar-refractivity contribution in [2.24, 2.45) is 34.5 Å². The lowest BCUT2D eigenvalue weighted by Crippen LogP contribution is -2.58. The normalized spacial score (nSPS) is 51.7. The van der Waals surface area contributed by atoms with Crippen LogP contribution in [0.1, 0.15) is 85.5 Å². The molecule has 0 amide bonds. The smallest absolute Gasteiger partial charge is 0.303 e. The van der Waals surface area contributed by atoms with Crippen LogP contribution in [0.4, 0.5) is 0 Å². The molecule has 0 saturated heterocycles. The molecule has 0 aromatic heterocycles. The average molecular weight is 377 g/mol. The second kappa shape index (κ2) is 6.30. The molecule has 4 heteroatoms. The van der Waals surface area contributed by atoms with E-state index in [2.05, 4.69) is 13.8 Å². The van der Waals surface area contributed by atoms with Crippen LogP contribution in [-0.4, -0.2) is 28.6 Å². The van der Waals surface area contributed by atoms with Crippen molar-refractivity contribution in [3.8, 4) is 0 Å². The second-order valence-corrected chi connectivity index (χ2v) is 10.6. The van der Waals surface area contributed by atoms with Crippen molar-refractivity contribution in [1.82, 2.24) is 0 Å². The van der Waals surface area contributed by atoms with Gasteiger partial charge in [-0.2, -0.15) is 0 Å². The van der Waals surface area contributed by atoms with Gasteiger partial charge in [-0.3, -0.25) is 9.59 Å². The number of hydrogen-bond donors (Lipinski definition) is 1. The zero-order valence-electron chi connectivity index (χ0n) is 17.4. The van der Waals surface area contributed by atoms with Gasteiger partial charge in [-0.15, -0.1) is 0 Å². The van der Waals surface area contributed by atoms with E-state index in [9.17, 15) is 14.7 Å². The third kappa shape index (κ3) is 2.73. The number of Topliss-reactive ketones (excluding diaryl/α,β-unsaturated/α-hetero) is 1. The summed E-state index contributed by atoms with van der Waals surface area (Å²) in [7, 11) is 0. The zero-order chi connectivity index (χ0) is 19.6. The Morgan fingerprint density at radius 2 is 1.59 bits per heavy atom. The van der Waals surface area contributed by atoms with E-state index >= 15 is 0 Å². The van der Waals surface area contributed by atoms with Crippen LogP contribution in [0.3, 0.4) is 0 Å². The van der Waals surface area contributed by atoms with Gasteiger partial charge in [0.2, 0.25) is 0 Å². The topological polar surface area (TPSA) is 63.6 Å². The number of ether oxygens (including phenoxy) is 1. The second-order valence-electron chi connectivity index (χ2n) is 10.6. The molecule has 1 N–H and O–H groups in total. The molecule has 4 aliphatic carbocycles. The average Bonchev–Trinajstić information content (AvgIpc) is 2.90. The summed E-state index contributed by atoms with van der Waals surface area (Å²) in [4.78, 5) is 24.1. The summed E-state index contributed by atoms with van der Waals surface area (Å²) < 4.78 is 5.65. The predicted octanol–water partition coefficient (Wildman–Crippen LogP) is 4.28. The van der Waals surface area contributed by atoms with Gasteiger partial charge in [0.25, 0.3) is 0 Å². The third-order valence-electron chi connectivity index (χ3n) is 9.64. The minimum atomic E-state index is -0.893. The van der Waals surface area contributed by atoms with E-state index in [1.54, 1.807) is 6.92 Å². The molecule has 0 bridgehead atoms. The first kappa shape index (κ1) is 19.4. The summed E-state index contributed by atoms with van der Waals surface area (Å²) in [6.45, 7) is 7.77. The summed E-state index contributed by atoms with van der Waals surface area (Å²) in [6, 6.07) is 0. The number of carbonyl (C=O) groups excluding carboxylic acids is 2. The number of fused-ring (bicyclic) bond motifs is 5. The van der Waals surface area contributed by atoms with E-state index in [0.29, 0.717) is 36.5 Å². The highest BCUT2D eigenvalue weighted by atomic mass is 16.6. The molecular weight excluding hydrogens is 340 g/mol. The molecule has 152 valence electrons. The first-order chi connectivity index (χ1) is 12.6. The Balaban J connectivity index is 1.59. The number of esters is 1. The molecule has 0 radical (unpaired) electrons. The number of carbonyl (C=O) groups is 2. The largest absolute Gasteiger partial charge is 0.451 e. The zero-order valence-corrected chi connectivity index (χ0v) is 17.4.